The van der Waals surface area contributed by atoms with E-state index in [0.29, 0.717) is 34.1 Å². The summed E-state index contributed by atoms with van der Waals surface area (Å²) in [5, 5.41) is 4.19. The van der Waals surface area contributed by atoms with Crippen LogP contribution >= 0.6 is 23.2 Å². The minimum atomic E-state index is -0.533. The Labute approximate surface area is 212 Å². The van der Waals surface area contributed by atoms with Gasteiger partial charge in [-0.3, -0.25) is 4.40 Å². The maximum atomic E-state index is 12.9. The number of esters is 1. The van der Waals surface area contributed by atoms with Crippen molar-refractivity contribution in [3.05, 3.63) is 118 Å². The van der Waals surface area contributed by atoms with Gasteiger partial charge in [0.05, 0.1) is 15.6 Å². The van der Waals surface area contributed by atoms with E-state index in [1.807, 2.05) is 66.1 Å². The van der Waals surface area contributed by atoms with E-state index in [1.165, 1.54) is 6.07 Å². The molecule has 2 heterocycles. The molecule has 35 heavy (non-hydrogen) atoms. The summed E-state index contributed by atoms with van der Waals surface area (Å²) in [5.74, 6) is 0.674. The summed E-state index contributed by atoms with van der Waals surface area (Å²) in [5.41, 5.74) is 4.69. The number of para-hydroxylation sites is 1. The van der Waals surface area contributed by atoms with Crippen LogP contribution in [0.4, 0.5) is 5.82 Å². The fourth-order valence-electron chi connectivity index (χ4n) is 3.88. The predicted octanol–water partition coefficient (Wildman–Crippen LogP) is 7.45. The fourth-order valence-corrected chi connectivity index (χ4v) is 4.17. The predicted molar refractivity (Wildman–Crippen MR) is 141 cm³/mol. The number of anilines is 1. The number of aromatic nitrogens is 2. The summed E-state index contributed by atoms with van der Waals surface area (Å²) < 4.78 is 7.83. The van der Waals surface area contributed by atoms with Crippen molar-refractivity contribution >= 4 is 40.6 Å². The van der Waals surface area contributed by atoms with E-state index in [2.05, 4.69) is 17.4 Å². The molecule has 0 spiro atoms. The van der Waals surface area contributed by atoms with E-state index in [4.69, 9.17) is 32.9 Å². The highest BCUT2D eigenvalue weighted by Gasteiger charge is 2.20. The standard InChI is InChI=1S/C28H21Cl2N3O2/c1-18-8-7-15-33-26(18)32-25(27(33)31-17-19-9-3-2-4-10-19)21-11-5-6-12-24(21)35-28(34)20-13-14-22(29)23(30)16-20/h2-16,31H,17H2,1H3. The zero-order valence-electron chi connectivity index (χ0n) is 18.8. The van der Waals surface area contributed by atoms with Crippen molar-refractivity contribution < 1.29 is 9.53 Å². The molecule has 0 aliphatic carbocycles. The van der Waals surface area contributed by atoms with Crippen LogP contribution in [0.1, 0.15) is 21.5 Å². The first-order chi connectivity index (χ1) is 17.0. The van der Waals surface area contributed by atoms with Gasteiger partial charge in [-0.2, -0.15) is 0 Å². The van der Waals surface area contributed by atoms with E-state index in [1.54, 1.807) is 18.2 Å². The third-order valence-corrected chi connectivity index (χ3v) is 6.39. The number of pyridine rings is 1. The van der Waals surface area contributed by atoms with E-state index >= 15 is 0 Å². The Balaban J connectivity index is 1.55. The molecule has 1 N–H and O–H groups in total. The Kier molecular flexibility index (Phi) is 6.45. The lowest BCUT2D eigenvalue weighted by atomic mass is 10.1. The third kappa shape index (κ3) is 4.74. The van der Waals surface area contributed by atoms with Gasteiger partial charge < -0.3 is 10.1 Å². The third-order valence-electron chi connectivity index (χ3n) is 5.65. The first-order valence-electron chi connectivity index (χ1n) is 11.0. The number of imidazole rings is 1. The van der Waals surface area contributed by atoms with Crippen molar-refractivity contribution in [1.29, 1.82) is 0 Å². The SMILES string of the molecule is Cc1cccn2c(NCc3ccccc3)c(-c3ccccc3OC(=O)c3ccc(Cl)c(Cl)c3)nc12. The van der Waals surface area contributed by atoms with Crippen LogP contribution in [0.3, 0.4) is 0 Å². The second kappa shape index (κ2) is 9.82. The molecule has 0 saturated heterocycles. The number of carbonyl (C=O) groups is 1. The topological polar surface area (TPSA) is 55.6 Å². The summed E-state index contributed by atoms with van der Waals surface area (Å²) in [6.45, 7) is 2.63. The number of rotatable bonds is 6. The van der Waals surface area contributed by atoms with Crippen molar-refractivity contribution in [3.8, 4) is 17.0 Å². The number of carbonyl (C=O) groups excluding carboxylic acids is 1. The lowest BCUT2D eigenvalue weighted by Crippen LogP contribution is -2.09. The van der Waals surface area contributed by atoms with Crippen molar-refractivity contribution in [2.24, 2.45) is 0 Å². The van der Waals surface area contributed by atoms with Crippen LogP contribution in [-0.4, -0.2) is 15.4 Å². The molecule has 0 unspecified atom stereocenters. The first kappa shape index (κ1) is 23.0. The smallest absolute Gasteiger partial charge is 0.343 e. The van der Waals surface area contributed by atoms with Gasteiger partial charge in [-0.1, -0.05) is 71.7 Å². The zero-order chi connectivity index (χ0) is 24.4. The minimum absolute atomic E-state index is 0.289. The van der Waals surface area contributed by atoms with Crippen LogP contribution in [0.15, 0.2) is 91.1 Å². The molecule has 0 radical (unpaired) electrons. The Morgan fingerprint density at radius 1 is 0.943 bits per heavy atom. The normalized spacial score (nSPS) is 10.9. The molecule has 0 aliphatic heterocycles. The monoisotopic (exact) mass is 501 g/mol. The van der Waals surface area contributed by atoms with Crippen molar-refractivity contribution in [3.63, 3.8) is 0 Å². The van der Waals surface area contributed by atoms with Crippen molar-refractivity contribution in [1.82, 2.24) is 9.38 Å². The van der Waals surface area contributed by atoms with Gasteiger partial charge in [0.25, 0.3) is 0 Å². The molecule has 0 fully saturated rings. The lowest BCUT2D eigenvalue weighted by Gasteiger charge is -2.12. The molecular weight excluding hydrogens is 481 g/mol. The molecule has 3 aromatic carbocycles. The number of aryl methyl sites for hydroxylation is 1. The second-order valence-corrected chi connectivity index (χ2v) is 8.86. The van der Waals surface area contributed by atoms with Crippen LogP contribution in [0.25, 0.3) is 16.9 Å². The maximum Gasteiger partial charge on any atom is 0.343 e. The summed E-state index contributed by atoms with van der Waals surface area (Å²) in [4.78, 5) is 17.8. The van der Waals surface area contributed by atoms with E-state index in [0.717, 1.165) is 22.6 Å². The average molecular weight is 502 g/mol. The Morgan fingerprint density at radius 3 is 2.51 bits per heavy atom. The van der Waals surface area contributed by atoms with Crippen molar-refractivity contribution in [2.45, 2.75) is 13.5 Å². The molecule has 2 aromatic heterocycles. The maximum absolute atomic E-state index is 12.9. The quantitative estimate of drug-likeness (QED) is 0.194. The van der Waals surface area contributed by atoms with Crippen LogP contribution in [0, 0.1) is 6.92 Å². The number of hydrogen-bond donors (Lipinski definition) is 1. The molecule has 5 aromatic rings. The Hall–Kier alpha value is -3.80. The molecule has 0 saturated carbocycles. The highest BCUT2D eigenvalue weighted by molar-refractivity contribution is 6.42. The van der Waals surface area contributed by atoms with Crippen LogP contribution in [0.2, 0.25) is 10.0 Å². The zero-order valence-corrected chi connectivity index (χ0v) is 20.3. The van der Waals surface area contributed by atoms with Gasteiger partial charge in [0, 0.05) is 18.3 Å². The molecule has 0 atom stereocenters. The number of nitrogens with one attached hydrogen (secondary N) is 1. The van der Waals surface area contributed by atoms with Crippen LogP contribution < -0.4 is 10.1 Å². The second-order valence-electron chi connectivity index (χ2n) is 8.05. The largest absolute Gasteiger partial charge is 0.422 e. The molecule has 0 amide bonds. The van der Waals surface area contributed by atoms with Gasteiger partial charge >= 0.3 is 5.97 Å². The van der Waals surface area contributed by atoms with Gasteiger partial charge in [-0.05, 0) is 54.4 Å². The van der Waals surface area contributed by atoms with Crippen LogP contribution in [0.5, 0.6) is 5.75 Å². The van der Waals surface area contributed by atoms with Gasteiger partial charge in [0.2, 0.25) is 0 Å². The van der Waals surface area contributed by atoms with Gasteiger partial charge in [0.1, 0.15) is 22.9 Å². The van der Waals surface area contributed by atoms with E-state index in [-0.39, 0.29) is 5.02 Å². The molecule has 0 bridgehead atoms. The number of benzene rings is 3. The highest BCUT2D eigenvalue weighted by atomic mass is 35.5. The molecule has 5 rings (SSSR count). The fraction of sp³-hybridized carbons (Fsp3) is 0.0714. The van der Waals surface area contributed by atoms with E-state index < -0.39 is 5.97 Å². The molecular formula is C28H21Cl2N3O2. The first-order valence-corrected chi connectivity index (χ1v) is 11.8. The summed E-state index contributed by atoms with van der Waals surface area (Å²) in [6, 6.07) is 26.1. The Bertz CT molecular complexity index is 1530. The van der Waals surface area contributed by atoms with Gasteiger partial charge in [0.15, 0.2) is 0 Å². The van der Waals surface area contributed by atoms with E-state index in [9.17, 15) is 4.79 Å². The number of halogens is 2. The summed E-state index contributed by atoms with van der Waals surface area (Å²) in [7, 11) is 0. The number of fused-ring (bicyclic) bond motifs is 1. The van der Waals surface area contributed by atoms with Gasteiger partial charge in [-0.25, -0.2) is 9.78 Å². The highest BCUT2D eigenvalue weighted by Crippen LogP contribution is 2.36. The molecule has 174 valence electrons. The van der Waals surface area contributed by atoms with Gasteiger partial charge in [-0.15, -0.1) is 0 Å². The Morgan fingerprint density at radius 2 is 1.71 bits per heavy atom. The summed E-state index contributed by atoms with van der Waals surface area (Å²) in [6.07, 6.45) is 1.97. The number of hydrogen-bond acceptors (Lipinski definition) is 4. The van der Waals surface area contributed by atoms with Crippen molar-refractivity contribution in [2.75, 3.05) is 5.32 Å². The molecule has 7 heteroatoms. The lowest BCUT2D eigenvalue weighted by molar-refractivity contribution is 0.0735. The number of nitrogens with zero attached hydrogens (tertiary/aromatic N) is 2. The average Bonchev–Trinajstić information content (AvgIpc) is 3.25. The molecule has 5 nitrogen and oxygen atoms in total. The molecule has 0 aliphatic rings. The van der Waals surface area contributed by atoms with Crippen LogP contribution in [-0.2, 0) is 6.54 Å². The number of ether oxygens (including phenoxy) is 1. The minimum Gasteiger partial charge on any atom is -0.422 e. The summed E-state index contributed by atoms with van der Waals surface area (Å²) >= 11 is 12.1.